The minimum Gasteiger partial charge on any atom is -0.444 e. The highest BCUT2D eigenvalue weighted by atomic mass is 19.4. The van der Waals surface area contributed by atoms with Gasteiger partial charge in [-0.2, -0.15) is 5.10 Å². The fourth-order valence-corrected chi connectivity index (χ4v) is 4.80. The maximum atomic E-state index is 12.6. The van der Waals surface area contributed by atoms with E-state index in [9.17, 15) is 28.2 Å². The summed E-state index contributed by atoms with van der Waals surface area (Å²) in [7, 11) is 0. The Morgan fingerprint density at radius 3 is 2.36 bits per heavy atom. The summed E-state index contributed by atoms with van der Waals surface area (Å²) in [6, 6.07) is 7.21. The van der Waals surface area contributed by atoms with E-state index in [2.05, 4.69) is 14.6 Å². The number of likely N-dealkylation sites (tertiary alicyclic amines) is 1. The molecule has 210 valence electrons. The molecule has 39 heavy (non-hydrogen) atoms. The van der Waals surface area contributed by atoms with E-state index in [4.69, 9.17) is 9.84 Å². The number of aliphatic hydroxyl groups excluding tert-OH is 2. The van der Waals surface area contributed by atoms with Crippen molar-refractivity contribution >= 4 is 22.8 Å². The highest BCUT2D eigenvalue weighted by Crippen LogP contribution is 2.40. The highest BCUT2D eigenvalue weighted by molar-refractivity contribution is 5.94. The molecular formula is C26H30F3N5O5. The van der Waals surface area contributed by atoms with Gasteiger partial charge >= 0.3 is 12.5 Å². The van der Waals surface area contributed by atoms with Crippen LogP contribution in [0.5, 0.6) is 5.75 Å². The third kappa shape index (κ3) is 5.59. The Labute approximate surface area is 222 Å². The normalized spacial score (nSPS) is 17.6. The smallest absolute Gasteiger partial charge is 0.444 e. The molecule has 0 aliphatic carbocycles. The number of nitrogens with zero attached hydrogens (tertiary/aromatic N) is 5. The molecule has 2 aliphatic rings. The van der Waals surface area contributed by atoms with E-state index in [1.54, 1.807) is 36.5 Å². The van der Waals surface area contributed by atoms with Gasteiger partial charge < -0.3 is 29.5 Å². The number of hydrogen-bond donors (Lipinski definition) is 2. The van der Waals surface area contributed by atoms with Crippen LogP contribution in [-0.2, 0) is 4.74 Å². The number of carbonyl (C=O) groups excluding carboxylic acids is 1. The quantitative estimate of drug-likeness (QED) is 0.481. The summed E-state index contributed by atoms with van der Waals surface area (Å²) in [5.74, 6) is -0.543. The van der Waals surface area contributed by atoms with Crippen LogP contribution in [0, 0.1) is 5.92 Å². The van der Waals surface area contributed by atoms with Crippen molar-refractivity contribution in [3.63, 3.8) is 0 Å². The Morgan fingerprint density at radius 2 is 1.77 bits per heavy atom. The van der Waals surface area contributed by atoms with E-state index in [1.165, 1.54) is 24.3 Å². The van der Waals surface area contributed by atoms with Crippen LogP contribution >= 0.6 is 0 Å². The number of ether oxygens (including phenoxy) is 2. The Balaban J connectivity index is 1.48. The third-order valence-electron chi connectivity index (χ3n) is 6.79. The molecule has 13 heteroatoms. The zero-order valence-electron chi connectivity index (χ0n) is 21.7. The van der Waals surface area contributed by atoms with Crippen molar-refractivity contribution in [2.75, 3.05) is 37.7 Å². The van der Waals surface area contributed by atoms with Crippen molar-refractivity contribution in [1.29, 1.82) is 0 Å². The summed E-state index contributed by atoms with van der Waals surface area (Å²) >= 11 is 0. The van der Waals surface area contributed by atoms with E-state index in [-0.39, 0.29) is 24.2 Å². The topological polar surface area (TPSA) is 113 Å². The molecule has 0 bridgehead atoms. The van der Waals surface area contributed by atoms with Gasteiger partial charge in [0.15, 0.2) is 5.65 Å². The van der Waals surface area contributed by atoms with Crippen molar-refractivity contribution in [3.05, 3.63) is 42.2 Å². The summed E-state index contributed by atoms with van der Waals surface area (Å²) in [6.07, 6.45) is -4.39. The lowest BCUT2D eigenvalue weighted by Crippen LogP contribution is -2.53. The predicted octanol–water partition coefficient (Wildman–Crippen LogP) is 3.44. The molecular weight excluding hydrogens is 519 g/mol. The molecule has 2 aliphatic heterocycles. The first-order chi connectivity index (χ1) is 18.3. The highest BCUT2D eigenvalue weighted by Gasteiger charge is 2.40. The molecule has 1 amide bonds. The lowest BCUT2D eigenvalue weighted by molar-refractivity contribution is -0.274. The van der Waals surface area contributed by atoms with Crippen LogP contribution in [0.3, 0.4) is 0 Å². The molecule has 2 N–H and O–H groups in total. The largest absolute Gasteiger partial charge is 0.573 e. The van der Waals surface area contributed by atoms with Gasteiger partial charge in [0.05, 0.1) is 35.2 Å². The number of halogens is 3. The molecule has 0 saturated carbocycles. The summed E-state index contributed by atoms with van der Waals surface area (Å²) < 4.78 is 48.9. The first kappa shape index (κ1) is 27.0. The van der Waals surface area contributed by atoms with Crippen molar-refractivity contribution in [2.45, 2.75) is 44.8 Å². The Kier molecular flexibility index (Phi) is 6.83. The van der Waals surface area contributed by atoms with Crippen LogP contribution in [-0.4, -0.2) is 86.8 Å². The van der Waals surface area contributed by atoms with E-state index < -0.39 is 24.2 Å². The maximum Gasteiger partial charge on any atom is 0.573 e. The molecule has 3 aromatic rings. The number of rotatable bonds is 6. The average Bonchev–Trinajstić information content (AvgIpc) is 3.15. The first-order valence-corrected chi connectivity index (χ1v) is 12.6. The van der Waals surface area contributed by atoms with Crippen molar-refractivity contribution in [3.8, 4) is 11.4 Å². The minimum absolute atomic E-state index is 0.0794. The predicted molar refractivity (Wildman–Crippen MR) is 135 cm³/mol. The van der Waals surface area contributed by atoms with E-state index in [1.807, 2.05) is 6.07 Å². The van der Waals surface area contributed by atoms with Crippen LogP contribution < -0.4 is 9.64 Å². The average molecular weight is 550 g/mol. The molecule has 5 rings (SSSR count). The van der Waals surface area contributed by atoms with Crippen LogP contribution in [0.1, 0.15) is 32.4 Å². The molecule has 2 saturated heterocycles. The summed E-state index contributed by atoms with van der Waals surface area (Å²) in [4.78, 5) is 20.7. The molecule has 1 aromatic carbocycles. The summed E-state index contributed by atoms with van der Waals surface area (Å²) in [5.41, 5.74) is 1.92. The van der Waals surface area contributed by atoms with Crippen LogP contribution in [0.25, 0.3) is 16.7 Å². The number of amides is 1. The lowest BCUT2D eigenvalue weighted by Gasteiger charge is -2.43. The molecule has 4 heterocycles. The van der Waals surface area contributed by atoms with Gasteiger partial charge in [-0.3, -0.25) is 0 Å². The molecule has 0 spiro atoms. The fraction of sp³-hybridized carbons (Fsp3) is 0.500. The third-order valence-corrected chi connectivity index (χ3v) is 6.79. The minimum atomic E-state index is -4.80. The Hall–Kier alpha value is -3.58. The number of anilines is 1. The second kappa shape index (κ2) is 9.87. The van der Waals surface area contributed by atoms with Gasteiger partial charge in [0.1, 0.15) is 11.4 Å². The van der Waals surface area contributed by atoms with Gasteiger partial charge in [0, 0.05) is 44.2 Å². The first-order valence-electron chi connectivity index (χ1n) is 12.6. The molecule has 1 unspecified atom stereocenters. The van der Waals surface area contributed by atoms with Crippen molar-refractivity contribution < 1.29 is 37.7 Å². The van der Waals surface area contributed by atoms with Crippen LogP contribution in [0.4, 0.5) is 23.7 Å². The Bertz CT molecular complexity index is 1340. The number of aliphatic hydroxyl groups is 2. The number of hydrogen-bond acceptors (Lipinski definition) is 8. The number of fused-ring (bicyclic) bond motifs is 1. The van der Waals surface area contributed by atoms with E-state index in [0.29, 0.717) is 43.2 Å². The van der Waals surface area contributed by atoms with Crippen LogP contribution in [0.15, 0.2) is 36.5 Å². The number of pyridine rings is 1. The van der Waals surface area contributed by atoms with E-state index >= 15 is 0 Å². The zero-order chi connectivity index (χ0) is 28.1. The van der Waals surface area contributed by atoms with Gasteiger partial charge in [-0.25, -0.2) is 14.5 Å². The van der Waals surface area contributed by atoms with Crippen molar-refractivity contribution in [2.24, 2.45) is 5.92 Å². The number of alkyl halides is 3. The van der Waals surface area contributed by atoms with Gasteiger partial charge in [-0.05, 0) is 51.1 Å². The fourth-order valence-electron chi connectivity index (χ4n) is 4.80. The standard InChI is InChI=1S/C26H30F3N5O5/c1-25(2,3)39-24(37)33-12-16(13-33)22-21-19(32-10-15(11-32)20(36)14-35)8-9-30-23(21)34(31-22)17-4-6-18(7-5-17)38-26(27,28)29/h4-9,15-16,20,35-36H,10-14H2,1-3H3. The summed E-state index contributed by atoms with van der Waals surface area (Å²) in [5, 5.41) is 24.9. The van der Waals surface area contributed by atoms with Gasteiger partial charge in [-0.1, -0.05) is 0 Å². The maximum absolute atomic E-state index is 12.6. The second-order valence-electron chi connectivity index (χ2n) is 10.9. The molecule has 2 aromatic heterocycles. The monoisotopic (exact) mass is 549 g/mol. The van der Waals surface area contributed by atoms with Crippen molar-refractivity contribution in [1.82, 2.24) is 19.7 Å². The number of benzene rings is 1. The molecule has 2 fully saturated rings. The van der Waals surface area contributed by atoms with Gasteiger partial charge in [-0.15, -0.1) is 13.2 Å². The molecule has 10 nitrogen and oxygen atoms in total. The molecule has 1 atom stereocenters. The zero-order valence-corrected chi connectivity index (χ0v) is 21.7. The summed E-state index contributed by atoms with van der Waals surface area (Å²) in [6.45, 7) is 6.92. The lowest BCUT2D eigenvalue weighted by atomic mass is 9.91. The molecule has 0 radical (unpaired) electrons. The number of aromatic nitrogens is 3. The van der Waals surface area contributed by atoms with Crippen LogP contribution in [0.2, 0.25) is 0 Å². The SMILES string of the molecule is CC(C)(C)OC(=O)N1CC(c2nn(-c3ccc(OC(F)(F)F)cc3)c3nccc(N4CC(C(O)CO)C4)c23)C1. The Morgan fingerprint density at radius 1 is 1.10 bits per heavy atom. The van der Waals surface area contributed by atoms with Gasteiger partial charge in [0.25, 0.3) is 0 Å². The number of carbonyl (C=O) groups is 1. The second-order valence-corrected chi connectivity index (χ2v) is 10.9. The van der Waals surface area contributed by atoms with E-state index in [0.717, 1.165) is 11.1 Å². The van der Waals surface area contributed by atoms with Gasteiger partial charge in [0.2, 0.25) is 0 Å².